The van der Waals surface area contributed by atoms with Gasteiger partial charge in [-0.1, -0.05) is 0 Å². The van der Waals surface area contributed by atoms with Gasteiger partial charge in [0.15, 0.2) is 5.82 Å². The van der Waals surface area contributed by atoms with Gasteiger partial charge in [-0.05, 0) is 43.0 Å². The zero-order chi connectivity index (χ0) is 13.7. The quantitative estimate of drug-likeness (QED) is 0.834. The molecule has 7 heteroatoms. The number of carbonyl (C=O) groups is 1. The van der Waals surface area contributed by atoms with Crippen molar-refractivity contribution < 1.29 is 14.6 Å². The Hall–Kier alpha value is -1.50. The predicted octanol–water partition coefficient (Wildman–Crippen LogP) is 1.21. The summed E-state index contributed by atoms with van der Waals surface area (Å²) in [5.74, 6) is -0.104. The highest BCUT2D eigenvalue weighted by molar-refractivity contribution is 5.67. The Morgan fingerprint density at radius 1 is 1.58 bits per heavy atom. The Kier molecular flexibility index (Phi) is 4.84. The predicted molar refractivity (Wildman–Crippen MR) is 66.7 cm³/mol. The van der Waals surface area contributed by atoms with Crippen LogP contribution in [0.5, 0.6) is 0 Å². The minimum atomic E-state index is -0.843. The summed E-state index contributed by atoms with van der Waals surface area (Å²) in [4.78, 5) is 10.7. The molecule has 2 atom stereocenters. The van der Waals surface area contributed by atoms with E-state index in [1.807, 2.05) is 6.92 Å². The van der Waals surface area contributed by atoms with Gasteiger partial charge in [0.1, 0.15) is 0 Å². The zero-order valence-electron chi connectivity index (χ0n) is 11.2. The van der Waals surface area contributed by atoms with Gasteiger partial charge in [-0.25, -0.2) is 4.68 Å². The first-order valence-electron chi connectivity index (χ1n) is 6.77. The Morgan fingerprint density at radius 3 is 3.11 bits per heavy atom. The van der Waals surface area contributed by atoms with Crippen molar-refractivity contribution in [3.8, 4) is 0 Å². The molecule has 106 valence electrons. The molecule has 2 unspecified atom stereocenters. The topological polar surface area (TPSA) is 90.1 Å². The highest BCUT2D eigenvalue weighted by Crippen LogP contribution is 2.18. The molecule has 1 saturated heterocycles. The summed E-state index contributed by atoms with van der Waals surface area (Å²) in [5.41, 5.74) is 0. The van der Waals surface area contributed by atoms with Gasteiger partial charge in [-0.2, -0.15) is 0 Å². The summed E-state index contributed by atoms with van der Waals surface area (Å²) in [6.45, 7) is 2.65. The number of aromatic nitrogens is 4. The average Bonchev–Trinajstić information content (AvgIpc) is 2.85. The van der Waals surface area contributed by atoms with Crippen molar-refractivity contribution in [3.63, 3.8) is 0 Å². The number of hydrogen-bond acceptors (Lipinski definition) is 5. The average molecular weight is 268 g/mol. The highest BCUT2D eigenvalue weighted by Gasteiger charge is 2.18. The molecule has 0 spiro atoms. The number of ether oxygens (including phenoxy) is 1. The van der Waals surface area contributed by atoms with E-state index in [2.05, 4.69) is 15.5 Å². The fourth-order valence-electron chi connectivity index (χ4n) is 2.38. The van der Waals surface area contributed by atoms with Crippen molar-refractivity contribution in [2.24, 2.45) is 0 Å². The maximum absolute atomic E-state index is 10.7. The summed E-state index contributed by atoms with van der Waals surface area (Å²) in [6, 6.07) is -0.227. The van der Waals surface area contributed by atoms with Gasteiger partial charge in [0, 0.05) is 13.0 Å². The number of aliphatic carboxylic acids is 1. The second kappa shape index (κ2) is 6.60. The summed E-state index contributed by atoms with van der Waals surface area (Å²) >= 11 is 0. The maximum atomic E-state index is 10.7. The Labute approximate surface area is 111 Å². The van der Waals surface area contributed by atoms with Crippen molar-refractivity contribution in [2.75, 3.05) is 6.61 Å². The molecule has 0 aromatic carbocycles. The fraction of sp³-hybridized carbons (Fsp3) is 0.833. The number of carboxylic acid groups (broad SMARTS) is 1. The minimum absolute atomic E-state index is 0.0258. The normalized spacial score (nSPS) is 21.2. The third-order valence-corrected chi connectivity index (χ3v) is 3.41. The lowest BCUT2D eigenvalue weighted by molar-refractivity contribution is -0.137. The molecule has 1 aromatic heterocycles. The van der Waals surface area contributed by atoms with Gasteiger partial charge in [0.2, 0.25) is 0 Å². The largest absolute Gasteiger partial charge is 0.481 e. The molecule has 0 amide bonds. The van der Waals surface area contributed by atoms with Crippen LogP contribution < -0.4 is 0 Å². The van der Waals surface area contributed by atoms with Gasteiger partial charge in [-0.15, -0.1) is 5.10 Å². The van der Waals surface area contributed by atoms with E-state index < -0.39 is 5.97 Å². The summed E-state index contributed by atoms with van der Waals surface area (Å²) < 4.78 is 7.28. The molecular weight excluding hydrogens is 248 g/mol. The van der Waals surface area contributed by atoms with E-state index in [9.17, 15) is 4.79 Å². The van der Waals surface area contributed by atoms with Crippen LogP contribution >= 0.6 is 0 Å². The number of nitrogens with zero attached hydrogens (tertiary/aromatic N) is 4. The van der Waals surface area contributed by atoms with E-state index in [0.717, 1.165) is 38.1 Å². The molecule has 2 heterocycles. The SMILES string of the molecule is CC(CC(=O)O)n1nnnc1CCC1CCCCO1. The van der Waals surface area contributed by atoms with Crippen molar-refractivity contribution in [1.82, 2.24) is 20.2 Å². The van der Waals surface area contributed by atoms with Crippen LogP contribution in [0.25, 0.3) is 0 Å². The smallest absolute Gasteiger partial charge is 0.305 e. The van der Waals surface area contributed by atoms with E-state index >= 15 is 0 Å². The number of rotatable bonds is 6. The first-order chi connectivity index (χ1) is 9.16. The molecular formula is C12H20N4O3. The summed E-state index contributed by atoms with van der Waals surface area (Å²) in [6.07, 6.45) is 5.37. The van der Waals surface area contributed by atoms with Crippen molar-refractivity contribution in [2.45, 2.75) is 57.6 Å². The van der Waals surface area contributed by atoms with Crippen LogP contribution in [0.2, 0.25) is 0 Å². The Morgan fingerprint density at radius 2 is 2.42 bits per heavy atom. The molecule has 1 fully saturated rings. The molecule has 1 aliphatic rings. The third-order valence-electron chi connectivity index (χ3n) is 3.41. The van der Waals surface area contributed by atoms with E-state index in [-0.39, 0.29) is 18.6 Å². The van der Waals surface area contributed by atoms with E-state index in [4.69, 9.17) is 9.84 Å². The Balaban J connectivity index is 1.89. The first-order valence-corrected chi connectivity index (χ1v) is 6.77. The molecule has 0 saturated carbocycles. The molecule has 19 heavy (non-hydrogen) atoms. The van der Waals surface area contributed by atoms with Crippen LogP contribution in [0.3, 0.4) is 0 Å². The lowest BCUT2D eigenvalue weighted by Gasteiger charge is -2.22. The van der Waals surface area contributed by atoms with E-state index in [1.165, 1.54) is 6.42 Å². The van der Waals surface area contributed by atoms with Crippen LogP contribution in [0.1, 0.15) is 50.9 Å². The lowest BCUT2D eigenvalue weighted by atomic mass is 10.0. The number of carboxylic acids is 1. The van der Waals surface area contributed by atoms with E-state index in [0.29, 0.717) is 0 Å². The van der Waals surface area contributed by atoms with Gasteiger partial charge in [0.05, 0.1) is 18.6 Å². The van der Waals surface area contributed by atoms with Crippen molar-refractivity contribution in [3.05, 3.63) is 5.82 Å². The van der Waals surface area contributed by atoms with Crippen LogP contribution in [0.15, 0.2) is 0 Å². The number of hydrogen-bond donors (Lipinski definition) is 1. The monoisotopic (exact) mass is 268 g/mol. The van der Waals surface area contributed by atoms with Crippen LogP contribution in [-0.4, -0.2) is 44.0 Å². The second-order valence-corrected chi connectivity index (χ2v) is 5.01. The maximum Gasteiger partial charge on any atom is 0.305 e. The molecule has 0 bridgehead atoms. The third kappa shape index (κ3) is 3.99. The first kappa shape index (κ1) is 13.9. The molecule has 7 nitrogen and oxygen atoms in total. The minimum Gasteiger partial charge on any atom is -0.481 e. The fourth-order valence-corrected chi connectivity index (χ4v) is 2.38. The molecule has 1 aliphatic heterocycles. The Bertz CT molecular complexity index is 415. The molecule has 0 radical (unpaired) electrons. The van der Waals surface area contributed by atoms with Crippen molar-refractivity contribution in [1.29, 1.82) is 0 Å². The van der Waals surface area contributed by atoms with Gasteiger partial charge < -0.3 is 9.84 Å². The highest BCUT2D eigenvalue weighted by atomic mass is 16.5. The summed E-state index contributed by atoms with van der Waals surface area (Å²) in [5, 5.41) is 20.3. The van der Waals surface area contributed by atoms with Crippen LogP contribution in [0, 0.1) is 0 Å². The second-order valence-electron chi connectivity index (χ2n) is 5.01. The molecule has 1 N–H and O–H groups in total. The number of aryl methyl sites for hydroxylation is 1. The van der Waals surface area contributed by atoms with Crippen molar-refractivity contribution >= 4 is 5.97 Å². The summed E-state index contributed by atoms with van der Waals surface area (Å²) in [7, 11) is 0. The van der Waals surface area contributed by atoms with E-state index in [1.54, 1.807) is 4.68 Å². The van der Waals surface area contributed by atoms with Gasteiger partial charge >= 0.3 is 5.97 Å². The lowest BCUT2D eigenvalue weighted by Crippen LogP contribution is -2.21. The molecule has 1 aromatic rings. The van der Waals surface area contributed by atoms with Gasteiger partial charge in [0.25, 0.3) is 0 Å². The standard InChI is InChI=1S/C12H20N4O3/c1-9(8-12(17)18)16-11(13-14-15-16)6-5-10-4-2-3-7-19-10/h9-10H,2-8H2,1H3,(H,17,18). The molecule has 2 rings (SSSR count). The van der Waals surface area contributed by atoms with Gasteiger partial charge in [-0.3, -0.25) is 4.79 Å². The van der Waals surface area contributed by atoms with Crippen LogP contribution in [-0.2, 0) is 16.0 Å². The van der Waals surface area contributed by atoms with Crippen LogP contribution in [0.4, 0.5) is 0 Å². The molecule has 0 aliphatic carbocycles. The zero-order valence-corrected chi connectivity index (χ0v) is 11.2. The number of tetrazole rings is 1.